The summed E-state index contributed by atoms with van der Waals surface area (Å²) in [6.07, 6.45) is 4.90. The molecule has 1 nitrogen and oxygen atoms in total. The summed E-state index contributed by atoms with van der Waals surface area (Å²) in [4.78, 5) is 4.56. The van der Waals surface area contributed by atoms with Crippen LogP contribution in [0.25, 0.3) is 0 Å². The van der Waals surface area contributed by atoms with Gasteiger partial charge in [-0.05, 0) is 57.4 Å². The lowest BCUT2D eigenvalue weighted by Crippen LogP contribution is -2.05. The first-order valence-electron chi connectivity index (χ1n) is 4.67. The van der Waals surface area contributed by atoms with Crippen LogP contribution in [-0.2, 0) is 12.8 Å². The van der Waals surface area contributed by atoms with Crippen molar-refractivity contribution in [2.75, 3.05) is 0 Å². The summed E-state index contributed by atoms with van der Waals surface area (Å²) in [6.45, 7) is 0. The van der Waals surface area contributed by atoms with Crippen molar-refractivity contribution in [3.05, 3.63) is 29.1 Å². The zero-order valence-corrected chi connectivity index (χ0v) is 10.7. The Balaban J connectivity index is 2.29. The second-order valence-corrected chi connectivity index (χ2v) is 4.99. The van der Waals surface area contributed by atoms with Crippen LogP contribution in [0.4, 0.5) is 0 Å². The van der Waals surface area contributed by atoms with E-state index < -0.39 is 0 Å². The fourth-order valence-corrected chi connectivity index (χ4v) is 2.20. The van der Waals surface area contributed by atoms with Crippen molar-refractivity contribution >= 4 is 30.1 Å². The van der Waals surface area contributed by atoms with Gasteiger partial charge in [-0.2, -0.15) is 0 Å². The molecule has 1 heterocycles. The largest absolute Gasteiger partial charge is 0.244 e. The van der Waals surface area contributed by atoms with Crippen LogP contribution >= 0.6 is 30.1 Å². The molecule has 0 atom stereocenters. The topological polar surface area (TPSA) is 12.9 Å². The number of nitrogens with zero attached hydrogens (tertiary/aromatic N) is 1. The minimum Gasteiger partial charge on any atom is -0.244 e. The minimum atomic E-state index is 0.912. The van der Waals surface area contributed by atoms with Crippen LogP contribution in [-0.4, -0.2) is 4.98 Å². The highest BCUT2D eigenvalue weighted by Gasteiger charge is 2.09. The summed E-state index contributed by atoms with van der Waals surface area (Å²) < 4.78 is 0. The van der Waals surface area contributed by atoms with Crippen molar-refractivity contribution in [1.29, 1.82) is 0 Å². The highest BCUT2D eigenvalue weighted by Crippen LogP contribution is 2.19. The lowest BCUT2D eigenvalue weighted by atomic mass is 9.96. The molecule has 0 saturated carbocycles. The first kappa shape index (κ1) is 10.3. The molecule has 1 aliphatic rings. The van der Waals surface area contributed by atoms with Crippen LogP contribution in [0.2, 0.25) is 0 Å². The molecule has 3 heteroatoms. The van der Waals surface area contributed by atoms with E-state index >= 15 is 0 Å². The maximum atomic E-state index is 4.56. The summed E-state index contributed by atoms with van der Waals surface area (Å²) in [6, 6.07) is 4.22. The fraction of sp³-hybridized carbons (Fsp3) is 0.364. The van der Waals surface area contributed by atoms with Crippen LogP contribution in [0.1, 0.15) is 29.8 Å². The van der Waals surface area contributed by atoms with Crippen LogP contribution in [0.5, 0.6) is 0 Å². The molecule has 1 aliphatic carbocycles. The van der Waals surface area contributed by atoms with Gasteiger partial charge in [-0.15, -0.1) is 0 Å². The third kappa shape index (κ3) is 2.43. The molecule has 0 saturated heterocycles. The van der Waals surface area contributed by atoms with Gasteiger partial charge in [0.05, 0.1) is 0 Å². The number of halogens is 1. The monoisotopic (exact) mass is 315 g/mol. The van der Waals surface area contributed by atoms with Crippen LogP contribution in [0, 0.1) is 11.2 Å². The van der Waals surface area contributed by atoms with E-state index in [4.69, 9.17) is 0 Å². The lowest BCUT2D eigenvalue weighted by molar-refractivity contribution is 0.667. The molecular formula is C11H10INS. The highest BCUT2D eigenvalue weighted by atomic mass is 127. The third-order valence-electron chi connectivity index (χ3n) is 2.40. The standard InChI is InChI=1S/C11H10INS/c12-14-8-7-10-6-5-9-3-1-2-4-11(9)13-10/h5-6H,1-4H2. The van der Waals surface area contributed by atoms with E-state index in [9.17, 15) is 0 Å². The summed E-state index contributed by atoms with van der Waals surface area (Å²) >= 11 is 2.17. The van der Waals surface area contributed by atoms with Crippen molar-refractivity contribution in [2.45, 2.75) is 25.7 Å². The average Bonchev–Trinajstić information content (AvgIpc) is 2.26. The summed E-state index contributed by atoms with van der Waals surface area (Å²) in [5.41, 5.74) is 3.60. The van der Waals surface area contributed by atoms with Gasteiger partial charge in [0.25, 0.3) is 0 Å². The molecule has 0 aromatic carbocycles. The number of pyridine rings is 1. The van der Waals surface area contributed by atoms with E-state index in [0.29, 0.717) is 0 Å². The molecule has 0 bridgehead atoms. The first-order chi connectivity index (χ1) is 6.90. The molecule has 14 heavy (non-hydrogen) atoms. The molecule has 0 N–H and O–H groups in total. The molecule has 72 valence electrons. The van der Waals surface area contributed by atoms with E-state index in [1.54, 1.807) is 0 Å². The van der Waals surface area contributed by atoms with Gasteiger partial charge in [0.15, 0.2) is 0 Å². The van der Waals surface area contributed by atoms with Crippen molar-refractivity contribution in [3.63, 3.8) is 0 Å². The number of fused-ring (bicyclic) bond motifs is 1. The number of hydrogen-bond donors (Lipinski definition) is 0. The number of aromatic nitrogens is 1. The Kier molecular flexibility index (Phi) is 3.71. The zero-order valence-electron chi connectivity index (χ0n) is 7.72. The van der Waals surface area contributed by atoms with Gasteiger partial charge in [0.2, 0.25) is 0 Å². The Morgan fingerprint density at radius 1 is 1.29 bits per heavy atom. The van der Waals surface area contributed by atoms with Crippen LogP contribution in [0.3, 0.4) is 0 Å². The molecule has 0 radical (unpaired) electrons. The normalized spacial score (nSPS) is 14.1. The molecule has 0 amide bonds. The number of rotatable bonds is 0. The molecule has 2 rings (SSSR count). The Morgan fingerprint density at radius 3 is 3.00 bits per heavy atom. The second-order valence-electron chi connectivity index (χ2n) is 3.31. The molecule has 0 fully saturated rings. The molecule has 1 aromatic heterocycles. The maximum absolute atomic E-state index is 4.56. The quantitative estimate of drug-likeness (QED) is 0.538. The van der Waals surface area contributed by atoms with Gasteiger partial charge >= 0.3 is 0 Å². The van der Waals surface area contributed by atoms with Crippen molar-refractivity contribution in [2.24, 2.45) is 0 Å². The number of hydrogen-bond acceptors (Lipinski definition) is 2. The summed E-state index contributed by atoms with van der Waals surface area (Å²) in [5, 5.41) is 2.96. The molecule has 0 aliphatic heterocycles. The SMILES string of the molecule is ISC#Cc1ccc2c(n1)CCCC2. The number of aryl methyl sites for hydroxylation is 2. The van der Waals surface area contributed by atoms with E-state index in [1.165, 1.54) is 39.5 Å². The van der Waals surface area contributed by atoms with Gasteiger partial charge in [-0.25, -0.2) is 4.98 Å². The molecule has 0 unspecified atom stereocenters. The Labute approximate surface area is 101 Å². The molecular weight excluding hydrogens is 305 g/mol. The van der Waals surface area contributed by atoms with Crippen molar-refractivity contribution < 1.29 is 0 Å². The average molecular weight is 315 g/mol. The van der Waals surface area contributed by atoms with E-state index in [-0.39, 0.29) is 0 Å². The minimum absolute atomic E-state index is 0.912. The second kappa shape index (κ2) is 5.04. The predicted molar refractivity (Wildman–Crippen MR) is 69.4 cm³/mol. The predicted octanol–water partition coefficient (Wildman–Crippen LogP) is 3.35. The zero-order chi connectivity index (χ0) is 9.80. The van der Waals surface area contributed by atoms with Gasteiger partial charge in [0, 0.05) is 26.9 Å². The molecule has 1 aromatic rings. The summed E-state index contributed by atoms with van der Waals surface area (Å²) in [7, 11) is 1.50. The van der Waals surface area contributed by atoms with Gasteiger partial charge in [-0.3, -0.25) is 0 Å². The van der Waals surface area contributed by atoms with Gasteiger partial charge in [0.1, 0.15) is 5.69 Å². The van der Waals surface area contributed by atoms with Gasteiger partial charge in [-0.1, -0.05) is 6.07 Å². The third-order valence-corrected chi connectivity index (χ3v) is 3.24. The highest BCUT2D eigenvalue weighted by molar-refractivity contribution is 14.2. The lowest BCUT2D eigenvalue weighted by Gasteiger charge is -2.13. The Morgan fingerprint density at radius 2 is 2.14 bits per heavy atom. The molecule has 0 spiro atoms. The van der Waals surface area contributed by atoms with E-state index in [0.717, 1.165) is 12.1 Å². The Bertz CT molecular complexity index is 392. The Hall–Kier alpha value is -0.210. The van der Waals surface area contributed by atoms with Crippen molar-refractivity contribution in [1.82, 2.24) is 4.98 Å². The summed E-state index contributed by atoms with van der Waals surface area (Å²) in [5.74, 6) is 3.04. The van der Waals surface area contributed by atoms with Gasteiger partial charge < -0.3 is 0 Å². The first-order valence-corrected chi connectivity index (χ1v) is 8.03. The smallest absolute Gasteiger partial charge is 0.114 e. The van der Waals surface area contributed by atoms with E-state index in [2.05, 4.69) is 43.4 Å². The fourth-order valence-electron chi connectivity index (χ4n) is 1.72. The van der Waals surface area contributed by atoms with Crippen LogP contribution < -0.4 is 0 Å². The maximum Gasteiger partial charge on any atom is 0.114 e. The van der Waals surface area contributed by atoms with Crippen LogP contribution in [0.15, 0.2) is 12.1 Å². The van der Waals surface area contributed by atoms with Crippen molar-refractivity contribution in [3.8, 4) is 11.2 Å². The van der Waals surface area contributed by atoms with E-state index in [1.807, 2.05) is 6.07 Å².